The number of piperidine rings is 2. The van der Waals surface area contributed by atoms with E-state index in [-0.39, 0.29) is 11.8 Å². The Morgan fingerprint density at radius 3 is 2.28 bits per heavy atom. The Bertz CT molecular complexity index is 1360. The summed E-state index contributed by atoms with van der Waals surface area (Å²) >= 11 is 1.68. The zero-order chi connectivity index (χ0) is 26.4. The first-order valence-corrected chi connectivity index (χ1v) is 15.4. The molecule has 2 aromatic heterocycles. The summed E-state index contributed by atoms with van der Waals surface area (Å²) in [6.45, 7) is 5.15. The van der Waals surface area contributed by atoms with Crippen molar-refractivity contribution in [2.45, 2.75) is 57.9 Å². The lowest BCUT2D eigenvalue weighted by Crippen LogP contribution is -2.48. The van der Waals surface area contributed by atoms with Crippen molar-refractivity contribution in [2.75, 3.05) is 37.6 Å². The highest BCUT2D eigenvalue weighted by molar-refractivity contribution is 7.14. The third-order valence-corrected chi connectivity index (χ3v) is 10.9. The van der Waals surface area contributed by atoms with E-state index in [1.54, 1.807) is 11.3 Å². The van der Waals surface area contributed by atoms with Gasteiger partial charge < -0.3 is 14.7 Å². The lowest BCUT2D eigenvalue weighted by Gasteiger charge is -2.47. The van der Waals surface area contributed by atoms with Crippen LogP contribution in [-0.4, -0.2) is 59.3 Å². The molecule has 3 aliphatic heterocycles. The molecule has 0 bridgehead atoms. The molecule has 0 atom stereocenters. The number of carbonyl (C=O) groups is 2. The average Bonchev–Trinajstić information content (AvgIpc) is 3.60. The quantitative estimate of drug-likeness (QED) is 0.449. The third kappa shape index (κ3) is 4.75. The molecule has 7 heteroatoms. The standard InChI is InChI=1S/C32H36N4O2S/c37-30(35-18-11-32(12-19-35)9-16-34(17-10-32)27-6-13-33-14-7-27)25-5-4-23-8-15-36(22-26(23)20-25)31(38)29-21-24-2-1-3-28(24)39-29/h4-7,13-14,20-21H,1-3,8-12,15-19,22H2. The fourth-order valence-corrected chi connectivity index (χ4v) is 8.34. The van der Waals surface area contributed by atoms with Gasteiger partial charge in [-0.3, -0.25) is 14.6 Å². The molecule has 3 aromatic rings. The zero-order valence-corrected chi connectivity index (χ0v) is 23.3. The van der Waals surface area contributed by atoms with Gasteiger partial charge in [-0.15, -0.1) is 11.3 Å². The molecule has 6 nitrogen and oxygen atoms in total. The molecule has 39 heavy (non-hydrogen) atoms. The minimum atomic E-state index is 0.139. The molecule has 1 aromatic carbocycles. The summed E-state index contributed by atoms with van der Waals surface area (Å²) < 4.78 is 0. The molecule has 5 heterocycles. The number of rotatable bonds is 3. The molecular weight excluding hydrogens is 504 g/mol. The molecule has 2 fully saturated rings. The van der Waals surface area contributed by atoms with Crippen molar-refractivity contribution >= 4 is 28.8 Å². The number of anilines is 1. The van der Waals surface area contributed by atoms with E-state index in [0.717, 1.165) is 80.8 Å². The van der Waals surface area contributed by atoms with E-state index in [2.05, 4.69) is 45.1 Å². The molecule has 1 aliphatic carbocycles. The fourth-order valence-electron chi connectivity index (χ4n) is 7.11. The highest BCUT2D eigenvalue weighted by Gasteiger charge is 2.39. The molecule has 0 radical (unpaired) electrons. The van der Waals surface area contributed by atoms with Gasteiger partial charge in [0.15, 0.2) is 0 Å². The zero-order valence-electron chi connectivity index (χ0n) is 22.5. The van der Waals surface area contributed by atoms with Crippen molar-refractivity contribution in [1.82, 2.24) is 14.8 Å². The van der Waals surface area contributed by atoms with Crippen molar-refractivity contribution in [1.29, 1.82) is 0 Å². The maximum Gasteiger partial charge on any atom is 0.264 e. The largest absolute Gasteiger partial charge is 0.371 e. The second kappa shape index (κ2) is 10.1. The van der Waals surface area contributed by atoms with Crippen LogP contribution in [0.2, 0.25) is 0 Å². The van der Waals surface area contributed by atoms with E-state index in [1.807, 2.05) is 23.4 Å². The van der Waals surface area contributed by atoms with Crippen molar-refractivity contribution in [3.05, 3.63) is 80.8 Å². The monoisotopic (exact) mass is 540 g/mol. The Hall–Kier alpha value is -3.19. The number of pyridine rings is 1. The number of aromatic nitrogens is 1. The molecule has 1 spiro atoms. The van der Waals surface area contributed by atoms with E-state index in [4.69, 9.17) is 0 Å². The fraction of sp³-hybridized carbons (Fsp3) is 0.469. The summed E-state index contributed by atoms with van der Waals surface area (Å²) in [4.78, 5) is 39.7. The summed E-state index contributed by atoms with van der Waals surface area (Å²) in [6.07, 6.45) is 12.6. The summed E-state index contributed by atoms with van der Waals surface area (Å²) in [6, 6.07) is 12.5. The molecule has 2 amide bonds. The van der Waals surface area contributed by atoms with Crippen LogP contribution in [0.3, 0.4) is 0 Å². The predicted octanol–water partition coefficient (Wildman–Crippen LogP) is 5.35. The van der Waals surface area contributed by atoms with Crippen LogP contribution in [0, 0.1) is 5.41 Å². The number of benzene rings is 1. The Morgan fingerprint density at radius 1 is 0.744 bits per heavy atom. The highest BCUT2D eigenvalue weighted by atomic mass is 32.1. The third-order valence-electron chi connectivity index (χ3n) is 9.67. The minimum absolute atomic E-state index is 0.139. The summed E-state index contributed by atoms with van der Waals surface area (Å²) in [5.41, 5.74) is 6.15. The van der Waals surface area contributed by atoms with Gasteiger partial charge in [-0.25, -0.2) is 0 Å². The Morgan fingerprint density at radius 2 is 1.51 bits per heavy atom. The lowest BCUT2D eigenvalue weighted by molar-refractivity contribution is 0.0515. The second-order valence-electron chi connectivity index (χ2n) is 11.9. The smallest absolute Gasteiger partial charge is 0.264 e. The van der Waals surface area contributed by atoms with Crippen LogP contribution in [0.5, 0.6) is 0 Å². The number of fused-ring (bicyclic) bond motifs is 2. The molecule has 202 valence electrons. The Kier molecular flexibility index (Phi) is 6.42. The Labute approximate surface area is 234 Å². The van der Waals surface area contributed by atoms with Crippen LogP contribution in [0.4, 0.5) is 5.69 Å². The van der Waals surface area contributed by atoms with Crippen LogP contribution in [0.25, 0.3) is 0 Å². The number of hydrogen-bond acceptors (Lipinski definition) is 5. The molecule has 0 N–H and O–H groups in total. The van der Waals surface area contributed by atoms with Crippen LogP contribution < -0.4 is 4.90 Å². The molecule has 0 unspecified atom stereocenters. The Balaban J connectivity index is 0.976. The van der Waals surface area contributed by atoms with Crippen molar-refractivity contribution < 1.29 is 9.59 Å². The van der Waals surface area contributed by atoms with Crippen LogP contribution in [0.1, 0.15) is 73.7 Å². The topological polar surface area (TPSA) is 56.8 Å². The number of likely N-dealkylation sites (tertiary alicyclic amines) is 1. The second-order valence-corrected chi connectivity index (χ2v) is 13.0. The van der Waals surface area contributed by atoms with Crippen LogP contribution >= 0.6 is 11.3 Å². The number of thiophene rings is 1. The predicted molar refractivity (Wildman–Crippen MR) is 154 cm³/mol. The van der Waals surface area contributed by atoms with E-state index < -0.39 is 0 Å². The lowest BCUT2D eigenvalue weighted by atomic mass is 9.71. The summed E-state index contributed by atoms with van der Waals surface area (Å²) in [7, 11) is 0. The minimum Gasteiger partial charge on any atom is -0.371 e. The maximum atomic E-state index is 13.5. The maximum absolute atomic E-state index is 13.5. The van der Waals surface area contributed by atoms with E-state index in [0.29, 0.717) is 12.0 Å². The summed E-state index contributed by atoms with van der Waals surface area (Å²) in [5, 5.41) is 0. The number of nitrogens with zero attached hydrogens (tertiary/aromatic N) is 4. The first-order chi connectivity index (χ1) is 19.1. The highest BCUT2D eigenvalue weighted by Crippen LogP contribution is 2.42. The van der Waals surface area contributed by atoms with Crippen LogP contribution in [0.15, 0.2) is 48.8 Å². The van der Waals surface area contributed by atoms with Gasteiger partial charge in [0.25, 0.3) is 11.8 Å². The summed E-state index contributed by atoms with van der Waals surface area (Å²) in [5.74, 6) is 0.285. The molecule has 4 aliphatic rings. The molecule has 7 rings (SSSR count). The van der Waals surface area contributed by atoms with Gasteiger partial charge in [-0.05, 0) is 104 Å². The van der Waals surface area contributed by atoms with Gasteiger partial charge in [0, 0.05) is 67.8 Å². The number of aryl methyl sites for hydroxylation is 2. The van der Waals surface area contributed by atoms with Gasteiger partial charge >= 0.3 is 0 Å². The van der Waals surface area contributed by atoms with E-state index in [1.165, 1.54) is 41.0 Å². The van der Waals surface area contributed by atoms with Crippen LogP contribution in [-0.2, 0) is 25.8 Å². The SMILES string of the molecule is O=C(c1ccc2c(c1)CN(C(=O)c1cc3c(s1)CCC3)CC2)N1CCC2(CC1)CCN(c1ccncc1)CC2. The average molecular weight is 541 g/mol. The van der Waals surface area contributed by atoms with Crippen molar-refractivity contribution in [2.24, 2.45) is 5.41 Å². The molecular formula is C32H36N4O2S. The molecule has 2 saturated heterocycles. The number of hydrogen-bond donors (Lipinski definition) is 0. The first-order valence-electron chi connectivity index (χ1n) is 14.5. The normalized spacial score (nSPS) is 20.2. The molecule has 0 saturated carbocycles. The number of carbonyl (C=O) groups excluding carboxylic acids is 2. The van der Waals surface area contributed by atoms with Crippen molar-refractivity contribution in [3.63, 3.8) is 0 Å². The number of amides is 2. The van der Waals surface area contributed by atoms with Crippen molar-refractivity contribution in [3.8, 4) is 0 Å². The van der Waals surface area contributed by atoms with Gasteiger partial charge in [0.1, 0.15) is 0 Å². The van der Waals surface area contributed by atoms with E-state index >= 15 is 0 Å². The van der Waals surface area contributed by atoms with Gasteiger partial charge in [-0.2, -0.15) is 0 Å². The van der Waals surface area contributed by atoms with Gasteiger partial charge in [0.05, 0.1) is 4.88 Å². The van der Waals surface area contributed by atoms with Gasteiger partial charge in [-0.1, -0.05) is 6.07 Å². The van der Waals surface area contributed by atoms with E-state index in [9.17, 15) is 9.59 Å². The van der Waals surface area contributed by atoms with Gasteiger partial charge in [0.2, 0.25) is 0 Å². The first kappa shape index (κ1) is 24.8.